The molecule has 1 aromatic rings. The van der Waals surface area contributed by atoms with Crippen LogP contribution in [0, 0.1) is 0 Å². The number of hydrogen-bond donors (Lipinski definition) is 1. The van der Waals surface area contributed by atoms with Crippen molar-refractivity contribution in [3.05, 3.63) is 30.1 Å². The molecule has 1 N–H and O–H groups in total. The van der Waals surface area contributed by atoms with Crippen LogP contribution in [0.4, 0.5) is 0 Å². The van der Waals surface area contributed by atoms with E-state index in [1.54, 1.807) is 6.20 Å². The second kappa shape index (κ2) is 7.25. The van der Waals surface area contributed by atoms with Crippen molar-refractivity contribution in [1.82, 2.24) is 15.2 Å². The molecule has 4 nitrogen and oxygen atoms in total. The van der Waals surface area contributed by atoms with Crippen molar-refractivity contribution < 1.29 is 4.79 Å². The molecule has 0 spiro atoms. The smallest absolute Gasteiger partial charge is 0.228 e. The number of rotatable bonds is 2. The van der Waals surface area contributed by atoms with Crippen molar-refractivity contribution in [2.45, 2.75) is 12.8 Å². The van der Waals surface area contributed by atoms with E-state index < -0.39 is 0 Å². The Hall–Kier alpha value is -1.13. The first-order chi connectivity index (χ1) is 7.86. The summed E-state index contributed by atoms with van der Waals surface area (Å²) in [5.41, 5.74) is 0.852. The monoisotopic (exact) mass is 255 g/mol. The summed E-state index contributed by atoms with van der Waals surface area (Å²) < 4.78 is 0. The number of nitrogens with zero attached hydrogens (tertiary/aromatic N) is 2. The van der Waals surface area contributed by atoms with E-state index in [2.05, 4.69) is 10.3 Å². The van der Waals surface area contributed by atoms with E-state index in [-0.39, 0.29) is 18.3 Å². The second-order valence-corrected chi connectivity index (χ2v) is 3.98. The van der Waals surface area contributed by atoms with Gasteiger partial charge in [-0.1, -0.05) is 6.07 Å². The predicted octanol–water partition coefficient (Wildman–Crippen LogP) is 0.868. The van der Waals surface area contributed by atoms with E-state index in [9.17, 15) is 4.79 Å². The number of nitrogens with one attached hydrogen (secondary N) is 1. The van der Waals surface area contributed by atoms with Crippen LogP contribution in [0.25, 0.3) is 0 Å². The normalized spacial score (nSPS) is 15.9. The van der Waals surface area contributed by atoms with Crippen LogP contribution in [0.2, 0.25) is 0 Å². The Kier molecular flexibility index (Phi) is 5.94. The quantitative estimate of drug-likeness (QED) is 0.853. The van der Waals surface area contributed by atoms with Gasteiger partial charge in [-0.25, -0.2) is 0 Å². The molecule has 1 amide bonds. The highest BCUT2D eigenvalue weighted by molar-refractivity contribution is 5.85. The van der Waals surface area contributed by atoms with Crippen LogP contribution >= 0.6 is 12.4 Å². The summed E-state index contributed by atoms with van der Waals surface area (Å²) in [7, 11) is 0. The fourth-order valence-electron chi connectivity index (χ4n) is 1.86. The molecule has 1 aromatic heterocycles. The SMILES string of the molecule is Cl.O=C(Cc1ccccn1)N1CCCNCC1. The van der Waals surface area contributed by atoms with Crippen LogP contribution in [0.3, 0.4) is 0 Å². The van der Waals surface area contributed by atoms with E-state index in [1.807, 2.05) is 23.1 Å². The number of carbonyl (C=O) groups excluding carboxylic acids is 1. The van der Waals surface area contributed by atoms with E-state index in [4.69, 9.17) is 0 Å². The standard InChI is InChI=1S/C12H17N3O.ClH/c16-12(10-11-4-1-2-6-14-11)15-8-3-5-13-7-9-15;/h1-2,4,6,13H,3,5,7-10H2;1H. The van der Waals surface area contributed by atoms with Gasteiger partial charge in [-0.15, -0.1) is 12.4 Å². The summed E-state index contributed by atoms with van der Waals surface area (Å²) in [6, 6.07) is 5.68. The van der Waals surface area contributed by atoms with Gasteiger partial charge in [0, 0.05) is 31.5 Å². The second-order valence-electron chi connectivity index (χ2n) is 3.98. The molecular weight excluding hydrogens is 238 g/mol. The van der Waals surface area contributed by atoms with Crippen molar-refractivity contribution >= 4 is 18.3 Å². The fourth-order valence-corrected chi connectivity index (χ4v) is 1.86. The molecule has 0 aliphatic carbocycles. The lowest BCUT2D eigenvalue weighted by molar-refractivity contribution is -0.130. The summed E-state index contributed by atoms with van der Waals surface area (Å²) in [6.07, 6.45) is 3.18. The molecule has 1 saturated heterocycles. The van der Waals surface area contributed by atoms with Crippen LogP contribution in [0.1, 0.15) is 12.1 Å². The number of pyridine rings is 1. The molecule has 0 bridgehead atoms. The highest BCUT2D eigenvalue weighted by atomic mass is 35.5. The van der Waals surface area contributed by atoms with Crippen LogP contribution in [-0.4, -0.2) is 42.0 Å². The van der Waals surface area contributed by atoms with E-state index in [1.165, 1.54) is 0 Å². The maximum Gasteiger partial charge on any atom is 0.228 e. The molecule has 0 atom stereocenters. The number of amides is 1. The number of carbonyl (C=O) groups is 1. The van der Waals surface area contributed by atoms with Gasteiger partial charge in [-0.05, 0) is 25.1 Å². The summed E-state index contributed by atoms with van der Waals surface area (Å²) in [6.45, 7) is 3.58. The molecule has 1 aliphatic heterocycles. The topological polar surface area (TPSA) is 45.2 Å². The van der Waals surface area contributed by atoms with Gasteiger partial charge in [0.2, 0.25) is 5.91 Å². The van der Waals surface area contributed by atoms with Gasteiger partial charge in [-0.2, -0.15) is 0 Å². The minimum absolute atomic E-state index is 0. The third-order valence-corrected chi connectivity index (χ3v) is 2.75. The Balaban J connectivity index is 0.00000144. The maximum atomic E-state index is 12.0. The van der Waals surface area contributed by atoms with Crippen LogP contribution in [-0.2, 0) is 11.2 Å². The van der Waals surface area contributed by atoms with Crippen molar-refractivity contribution in [2.75, 3.05) is 26.2 Å². The molecule has 0 saturated carbocycles. The Labute approximate surface area is 108 Å². The first-order valence-corrected chi connectivity index (χ1v) is 5.74. The zero-order valence-corrected chi connectivity index (χ0v) is 10.6. The van der Waals surface area contributed by atoms with E-state index in [0.29, 0.717) is 6.42 Å². The summed E-state index contributed by atoms with van der Waals surface area (Å²) in [5, 5.41) is 3.29. The number of hydrogen-bond acceptors (Lipinski definition) is 3. The molecule has 2 heterocycles. The maximum absolute atomic E-state index is 12.0. The lowest BCUT2D eigenvalue weighted by atomic mass is 10.2. The Morgan fingerprint density at radius 2 is 2.24 bits per heavy atom. The summed E-state index contributed by atoms with van der Waals surface area (Å²) in [4.78, 5) is 18.1. The van der Waals surface area contributed by atoms with Crippen LogP contribution in [0.15, 0.2) is 24.4 Å². The number of halogens is 1. The van der Waals surface area contributed by atoms with E-state index in [0.717, 1.165) is 38.3 Å². The van der Waals surface area contributed by atoms with E-state index >= 15 is 0 Å². The molecule has 0 radical (unpaired) electrons. The van der Waals surface area contributed by atoms with Gasteiger partial charge in [0.15, 0.2) is 0 Å². The minimum Gasteiger partial charge on any atom is -0.341 e. The summed E-state index contributed by atoms with van der Waals surface area (Å²) >= 11 is 0. The van der Waals surface area contributed by atoms with Gasteiger partial charge in [0.05, 0.1) is 6.42 Å². The molecule has 0 unspecified atom stereocenters. The lowest BCUT2D eigenvalue weighted by Gasteiger charge is -2.19. The minimum atomic E-state index is 0. The highest BCUT2D eigenvalue weighted by Gasteiger charge is 2.15. The van der Waals surface area contributed by atoms with Crippen molar-refractivity contribution in [1.29, 1.82) is 0 Å². The Morgan fingerprint density at radius 3 is 3.00 bits per heavy atom. The largest absolute Gasteiger partial charge is 0.341 e. The highest BCUT2D eigenvalue weighted by Crippen LogP contribution is 2.02. The lowest BCUT2D eigenvalue weighted by Crippen LogP contribution is -2.35. The van der Waals surface area contributed by atoms with Crippen molar-refractivity contribution in [3.8, 4) is 0 Å². The average Bonchev–Trinajstić information content (AvgIpc) is 2.59. The third-order valence-electron chi connectivity index (χ3n) is 2.75. The molecule has 5 heteroatoms. The first-order valence-electron chi connectivity index (χ1n) is 5.74. The molecule has 94 valence electrons. The summed E-state index contributed by atoms with van der Waals surface area (Å²) in [5.74, 6) is 0.183. The molecule has 17 heavy (non-hydrogen) atoms. The Bertz CT molecular complexity index is 337. The van der Waals surface area contributed by atoms with Crippen molar-refractivity contribution in [3.63, 3.8) is 0 Å². The average molecular weight is 256 g/mol. The Morgan fingerprint density at radius 1 is 1.35 bits per heavy atom. The molecule has 1 aliphatic rings. The van der Waals surface area contributed by atoms with Gasteiger partial charge in [0.25, 0.3) is 0 Å². The first kappa shape index (κ1) is 13.9. The van der Waals surface area contributed by atoms with Gasteiger partial charge < -0.3 is 10.2 Å². The molecule has 1 fully saturated rings. The van der Waals surface area contributed by atoms with Gasteiger partial charge >= 0.3 is 0 Å². The van der Waals surface area contributed by atoms with Crippen LogP contribution in [0.5, 0.6) is 0 Å². The zero-order valence-electron chi connectivity index (χ0n) is 9.76. The van der Waals surface area contributed by atoms with Gasteiger partial charge in [0.1, 0.15) is 0 Å². The molecule has 2 rings (SSSR count). The predicted molar refractivity (Wildman–Crippen MR) is 69.3 cm³/mol. The van der Waals surface area contributed by atoms with Crippen molar-refractivity contribution in [2.24, 2.45) is 0 Å². The fraction of sp³-hybridized carbons (Fsp3) is 0.500. The van der Waals surface area contributed by atoms with Crippen LogP contribution < -0.4 is 5.32 Å². The number of aromatic nitrogens is 1. The van der Waals surface area contributed by atoms with Gasteiger partial charge in [-0.3, -0.25) is 9.78 Å². The third kappa shape index (κ3) is 4.32. The molecule has 0 aromatic carbocycles. The molecular formula is C12H18ClN3O. The zero-order chi connectivity index (χ0) is 11.2.